The number of aryl methyl sites for hydroxylation is 1. The van der Waals surface area contributed by atoms with Gasteiger partial charge in [0.25, 0.3) is 5.91 Å². The predicted molar refractivity (Wildman–Crippen MR) is 87.6 cm³/mol. The van der Waals surface area contributed by atoms with Crippen molar-refractivity contribution < 1.29 is 18.7 Å². The first kappa shape index (κ1) is 17.3. The van der Waals surface area contributed by atoms with Crippen LogP contribution >= 0.6 is 0 Å². The molecule has 0 saturated heterocycles. The first-order valence-corrected chi connectivity index (χ1v) is 7.26. The standard InChI is InChI=1S/C18H17FN2O3/c1-11-4-6-15(14(19)8-11)21-18(22)12(2)24-16-7-5-13(10-20)9-17(16)23-3/h4-9,12H,1-3H3,(H,21,22)/t12-/m0/s1. The van der Waals surface area contributed by atoms with Crippen LogP contribution < -0.4 is 14.8 Å². The Morgan fingerprint density at radius 2 is 2.00 bits per heavy atom. The third-order valence-electron chi connectivity index (χ3n) is 3.35. The van der Waals surface area contributed by atoms with Gasteiger partial charge in [0.1, 0.15) is 5.82 Å². The average molecular weight is 328 g/mol. The monoisotopic (exact) mass is 328 g/mol. The Balaban J connectivity index is 2.10. The number of halogens is 1. The zero-order chi connectivity index (χ0) is 17.7. The number of rotatable bonds is 5. The minimum absolute atomic E-state index is 0.0906. The molecule has 2 aromatic rings. The van der Waals surface area contributed by atoms with Gasteiger partial charge < -0.3 is 14.8 Å². The second-order valence-corrected chi connectivity index (χ2v) is 5.21. The van der Waals surface area contributed by atoms with E-state index in [0.29, 0.717) is 17.1 Å². The Kier molecular flexibility index (Phi) is 5.38. The Morgan fingerprint density at radius 3 is 2.62 bits per heavy atom. The van der Waals surface area contributed by atoms with Crippen LogP contribution in [0, 0.1) is 24.1 Å². The van der Waals surface area contributed by atoms with Gasteiger partial charge >= 0.3 is 0 Å². The van der Waals surface area contributed by atoms with Crippen LogP contribution in [0.25, 0.3) is 0 Å². The molecule has 1 atom stereocenters. The summed E-state index contributed by atoms with van der Waals surface area (Å²) in [5.74, 6) is -0.339. The van der Waals surface area contributed by atoms with Crippen molar-refractivity contribution in [2.24, 2.45) is 0 Å². The SMILES string of the molecule is COc1cc(C#N)ccc1O[C@@H](C)C(=O)Nc1ccc(C)cc1F. The summed E-state index contributed by atoms with van der Waals surface area (Å²) in [5, 5.41) is 11.4. The maximum absolute atomic E-state index is 13.8. The summed E-state index contributed by atoms with van der Waals surface area (Å²) in [6, 6.07) is 11.2. The number of nitriles is 1. The topological polar surface area (TPSA) is 71.3 Å². The smallest absolute Gasteiger partial charge is 0.265 e. The minimum Gasteiger partial charge on any atom is -0.493 e. The first-order chi connectivity index (χ1) is 11.4. The van der Waals surface area contributed by atoms with Crippen LogP contribution in [0.5, 0.6) is 11.5 Å². The lowest BCUT2D eigenvalue weighted by Crippen LogP contribution is -2.30. The number of hydrogen-bond donors (Lipinski definition) is 1. The molecule has 0 fully saturated rings. The third kappa shape index (κ3) is 4.02. The Bertz CT molecular complexity index is 799. The molecule has 0 radical (unpaired) electrons. The molecule has 2 aromatic carbocycles. The minimum atomic E-state index is -0.882. The van der Waals surface area contributed by atoms with Crippen molar-refractivity contribution in [2.45, 2.75) is 20.0 Å². The predicted octanol–water partition coefficient (Wildman–Crippen LogP) is 3.42. The average Bonchev–Trinajstić information content (AvgIpc) is 2.57. The number of anilines is 1. The summed E-state index contributed by atoms with van der Waals surface area (Å²) in [6.07, 6.45) is -0.882. The van der Waals surface area contributed by atoms with E-state index in [2.05, 4.69) is 5.32 Å². The zero-order valence-electron chi connectivity index (χ0n) is 13.6. The number of carbonyl (C=O) groups is 1. The van der Waals surface area contributed by atoms with Crippen molar-refractivity contribution >= 4 is 11.6 Å². The van der Waals surface area contributed by atoms with Gasteiger partial charge in [-0.05, 0) is 43.7 Å². The van der Waals surface area contributed by atoms with E-state index >= 15 is 0 Å². The molecule has 0 aliphatic carbocycles. The molecule has 124 valence electrons. The van der Waals surface area contributed by atoms with E-state index in [1.165, 1.54) is 25.3 Å². The normalized spacial score (nSPS) is 11.3. The lowest BCUT2D eigenvalue weighted by atomic mass is 10.2. The molecule has 0 unspecified atom stereocenters. The van der Waals surface area contributed by atoms with E-state index < -0.39 is 17.8 Å². The summed E-state index contributed by atoms with van der Waals surface area (Å²) in [6.45, 7) is 3.30. The Hall–Kier alpha value is -3.07. The maximum atomic E-state index is 13.8. The summed E-state index contributed by atoms with van der Waals surface area (Å²) in [5.41, 5.74) is 1.27. The summed E-state index contributed by atoms with van der Waals surface area (Å²) in [4.78, 5) is 12.2. The van der Waals surface area contributed by atoms with Gasteiger partial charge in [-0.25, -0.2) is 4.39 Å². The molecule has 6 heteroatoms. The number of methoxy groups -OCH3 is 1. The first-order valence-electron chi connectivity index (χ1n) is 7.26. The van der Waals surface area contributed by atoms with Crippen molar-refractivity contribution in [3.05, 3.63) is 53.3 Å². The number of ether oxygens (including phenoxy) is 2. The van der Waals surface area contributed by atoms with Gasteiger partial charge in [0.05, 0.1) is 24.4 Å². The van der Waals surface area contributed by atoms with Crippen molar-refractivity contribution in [3.8, 4) is 17.6 Å². The quantitative estimate of drug-likeness (QED) is 0.913. The van der Waals surface area contributed by atoms with Crippen LogP contribution in [0.3, 0.4) is 0 Å². The number of nitrogens with zero attached hydrogens (tertiary/aromatic N) is 1. The zero-order valence-corrected chi connectivity index (χ0v) is 13.6. The Morgan fingerprint density at radius 1 is 1.25 bits per heavy atom. The van der Waals surface area contributed by atoms with Gasteiger partial charge in [0, 0.05) is 6.07 Å². The molecule has 0 aliphatic rings. The molecule has 0 spiro atoms. The maximum Gasteiger partial charge on any atom is 0.265 e. The van der Waals surface area contributed by atoms with Gasteiger partial charge in [-0.1, -0.05) is 6.07 Å². The highest BCUT2D eigenvalue weighted by Gasteiger charge is 2.18. The molecular formula is C18H17FN2O3. The highest BCUT2D eigenvalue weighted by atomic mass is 19.1. The van der Waals surface area contributed by atoms with Crippen molar-refractivity contribution in [1.29, 1.82) is 5.26 Å². The lowest BCUT2D eigenvalue weighted by Gasteiger charge is -2.17. The summed E-state index contributed by atoms with van der Waals surface area (Å²) < 4.78 is 24.5. The van der Waals surface area contributed by atoms with E-state index in [-0.39, 0.29) is 5.69 Å². The van der Waals surface area contributed by atoms with Crippen molar-refractivity contribution in [3.63, 3.8) is 0 Å². The second-order valence-electron chi connectivity index (χ2n) is 5.21. The molecule has 0 heterocycles. The van der Waals surface area contributed by atoms with E-state index in [1.807, 2.05) is 6.07 Å². The summed E-state index contributed by atoms with van der Waals surface area (Å²) >= 11 is 0. The molecule has 1 N–H and O–H groups in total. The molecule has 0 saturated carbocycles. The Labute approximate surface area is 139 Å². The number of nitrogens with one attached hydrogen (secondary N) is 1. The van der Waals surface area contributed by atoms with Crippen LogP contribution in [0.15, 0.2) is 36.4 Å². The van der Waals surface area contributed by atoms with Crippen LogP contribution in [-0.4, -0.2) is 19.1 Å². The van der Waals surface area contributed by atoms with Crippen molar-refractivity contribution in [2.75, 3.05) is 12.4 Å². The van der Waals surface area contributed by atoms with Crippen molar-refractivity contribution in [1.82, 2.24) is 0 Å². The number of carbonyl (C=O) groups excluding carboxylic acids is 1. The van der Waals surface area contributed by atoms with Gasteiger partial charge in [-0.3, -0.25) is 4.79 Å². The fourth-order valence-corrected chi connectivity index (χ4v) is 2.03. The lowest BCUT2D eigenvalue weighted by molar-refractivity contribution is -0.122. The molecule has 0 bridgehead atoms. The highest BCUT2D eigenvalue weighted by Crippen LogP contribution is 2.29. The fourth-order valence-electron chi connectivity index (χ4n) is 2.03. The number of amides is 1. The van der Waals surface area contributed by atoms with Gasteiger partial charge in [-0.2, -0.15) is 5.26 Å². The van der Waals surface area contributed by atoms with E-state index in [0.717, 1.165) is 5.56 Å². The van der Waals surface area contributed by atoms with E-state index in [9.17, 15) is 9.18 Å². The molecular weight excluding hydrogens is 311 g/mol. The van der Waals surface area contributed by atoms with Crippen LogP contribution in [0.1, 0.15) is 18.1 Å². The molecule has 0 aliphatic heterocycles. The van der Waals surface area contributed by atoms with Crippen LogP contribution in [-0.2, 0) is 4.79 Å². The molecule has 0 aromatic heterocycles. The number of hydrogen-bond acceptors (Lipinski definition) is 4. The summed E-state index contributed by atoms with van der Waals surface area (Å²) in [7, 11) is 1.44. The van der Waals surface area contributed by atoms with E-state index in [4.69, 9.17) is 14.7 Å². The fraction of sp³-hybridized carbons (Fsp3) is 0.222. The molecule has 1 amide bonds. The largest absolute Gasteiger partial charge is 0.493 e. The van der Waals surface area contributed by atoms with Crippen LogP contribution in [0.4, 0.5) is 10.1 Å². The highest BCUT2D eigenvalue weighted by molar-refractivity contribution is 5.94. The van der Waals surface area contributed by atoms with Gasteiger partial charge in [0.2, 0.25) is 0 Å². The van der Waals surface area contributed by atoms with Gasteiger partial charge in [-0.15, -0.1) is 0 Å². The number of benzene rings is 2. The molecule has 2 rings (SSSR count). The molecule has 5 nitrogen and oxygen atoms in total. The van der Waals surface area contributed by atoms with Gasteiger partial charge in [0.15, 0.2) is 17.6 Å². The third-order valence-corrected chi connectivity index (χ3v) is 3.35. The second kappa shape index (κ2) is 7.47. The molecule has 24 heavy (non-hydrogen) atoms. The van der Waals surface area contributed by atoms with Crippen LogP contribution in [0.2, 0.25) is 0 Å². The van der Waals surface area contributed by atoms with E-state index in [1.54, 1.807) is 32.0 Å².